The van der Waals surface area contributed by atoms with Gasteiger partial charge in [0.15, 0.2) is 5.82 Å². The number of carbonyl (C=O) groups excluding carboxylic acids is 1. The molecule has 16 heavy (non-hydrogen) atoms. The van der Waals surface area contributed by atoms with Crippen molar-refractivity contribution in [2.24, 2.45) is 0 Å². The van der Waals surface area contributed by atoms with E-state index in [0.717, 1.165) is 10.5 Å². The Hall–Kier alpha value is -1.91. The first kappa shape index (κ1) is 10.6. The van der Waals surface area contributed by atoms with E-state index in [4.69, 9.17) is 4.74 Å². The monoisotopic (exact) mass is 225 g/mol. The van der Waals surface area contributed by atoms with E-state index < -0.39 is 17.7 Å². The van der Waals surface area contributed by atoms with Crippen molar-refractivity contribution in [3.8, 4) is 0 Å². The van der Waals surface area contributed by atoms with Gasteiger partial charge in [-0.2, -0.15) is 4.39 Å². The second-order valence-electron chi connectivity index (χ2n) is 3.22. The van der Waals surface area contributed by atoms with Gasteiger partial charge in [0.2, 0.25) is 5.95 Å². The van der Waals surface area contributed by atoms with E-state index >= 15 is 0 Å². The minimum absolute atomic E-state index is 0.200. The van der Waals surface area contributed by atoms with Crippen molar-refractivity contribution in [3.05, 3.63) is 41.7 Å². The predicted octanol–water partition coefficient (Wildman–Crippen LogP) is 2.39. The third kappa shape index (κ3) is 1.64. The van der Waals surface area contributed by atoms with Gasteiger partial charge in [0, 0.05) is 11.7 Å². The summed E-state index contributed by atoms with van der Waals surface area (Å²) in [6, 6.07) is 3.85. The number of nitrogens with zero attached hydrogens (tertiary/aromatic N) is 1. The molecule has 2 aromatic rings. The first-order chi connectivity index (χ1) is 7.63. The Morgan fingerprint density at radius 2 is 2.19 bits per heavy atom. The summed E-state index contributed by atoms with van der Waals surface area (Å²) >= 11 is 0. The molecule has 0 unspecified atom stereocenters. The van der Waals surface area contributed by atoms with Gasteiger partial charge in [0.05, 0.1) is 12.2 Å². The van der Waals surface area contributed by atoms with E-state index in [1.807, 2.05) is 0 Å². The lowest BCUT2D eigenvalue weighted by molar-refractivity contribution is 0.0526. The van der Waals surface area contributed by atoms with Crippen LogP contribution in [0.5, 0.6) is 0 Å². The molecule has 2 aromatic heterocycles. The van der Waals surface area contributed by atoms with Crippen molar-refractivity contribution in [1.29, 1.82) is 0 Å². The number of ether oxygens (including phenoxy) is 1. The van der Waals surface area contributed by atoms with E-state index in [1.54, 1.807) is 6.92 Å². The maximum atomic E-state index is 13.3. The van der Waals surface area contributed by atoms with Gasteiger partial charge in [-0.15, -0.1) is 0 Å². The Morgan fingerprint density at radius 1 is 1.44 bits per heavy atom. The van der Waals surface area contributed by atoms with Crippen molar-refractivity contribution in [2.75, 3.05) is 6.61 Å². The first-order valence-corrected chi connectivity index (χ1v) is 4.76. The smallest absolute Gasteiger partial charge is 0.339 e. The number of fused-ring (bicyclic) bond motifs is 1. The maximum absolute atomic E-state index is 13.3. The van der Waals surface area contributed by atoms with Gasteiger partial charge in [-0.25, -0.2) is 9.18 Å². The molecule has 5 heteroatoms. The topological polar surface area (TPSA) is 30.7 Å². The summed E-state index contributed by atoms with van der Waals surface area (Å²) in [5, 5.41) is 0. The van der Waals surface area contributed by atoms with E-state index in [2.05, 4.69) is 0 Å². The van der Waals surface area contributed by atoms with Crippen molar-refractivity contribution < 1.29 is 18.3 Å². The lowest BCUT2D eigenvalue weighted by atomic mass is 10.3. The van der Waals surface area contributed by atoms with Crippen LogP contribution in [0.15, 0.2) is 24.4 Å². The molecule has 0 aliphatic heterocycles. The molecule has 0 saturated carbocycles. The average molecular weight is 225 g/mol. The van der Waals surface area contributed by atoms with Crippen LogP contribution < -0.4 is 0 Å². The molecule has 0 spiro atoms. The minimum Gasteiger partial charge on any atom is -0.462 e. The Kier molecular flexibility index (Phi) is 2.60. The van der Waals surface area contributed by atoms with Gasteiger partial charge in [0.25, 0.3) is 0 Å². The zero-order valence-corrected chi connectivity index (χ0v) is 8.54. The fourth-order valence-corrected chi connectivity index (χ4v) is 1.45. The molecule has 0 radical (unpaired) electrons. The number of pyridine rings is 1. The zero-order valence-electron chi connectivity index (χ0n) is 8.54. The molecule has 84 valence electrons. The summed E-state index contributed by atoms with van der Waals surface area (Å²) in [5.41, 5.74) is 0.605. The SMILES string of the molecule is CCOC(=O)c1cc2ccc(F)c(F)n2c1. The molecular formula is C11H9F2NO2. The Balaban J connectivity index is 2.52. The number of rotatable bonds is 2. The van der Waals surface area contributed by atoms with Gasteiger partial charge in [-0.3, -0.25) is 4.40 Å². The maximum Gasteiger partial charge on any atom is 0.339 e. The van der Waals surface area contributed by atoms with Gasteiger partial charge < -0.3 is 4.74 Å². The van der Waals surface area contributed by atoms with Gasteiger partial charge in [0.1, 0.15) is 0 Å². The van der Waals surface area contributed by atoms with Crippen LogP contribution in [0.3, 0.4) is 0 Å². The number of carbonyl (C=O) groups is 1. The Morgan fingerprint density at radius 3 is 2.88 bits per heavy atom. The van der Waals surface area contributed by atoms with Crippen LogP contribution >= 0.6 is 0 Å². The van der Waals surface area contributed by atoms with Crippen molar-refractivity contribution >= 4 is 11.5 Å². The molecule has 0 amide bonds. The van der Waals surface area contributed by atoms with E-state index in [9.17, 15) is 13.6 Å². The lowest BCUT2D eigenvalue weighted by Gasteiger charge is -1.97. The highest BCUT2D eigenvalue weighted by Crippen LogP contribution is 2.15. The Bertz CT molecular complexity index is 548. The molecular weight excluding hydrogens is 216 g/mol. The molecule has 0 N–H and O–H groups in total. The highest BCUT2D eigenvalue weighted by Gasteiger charge is 2.13. The number of hydrogen-bond acceptors (Lipinski definition) is 2. The van der Waals surface area contributed by atoms with E-state index in [1.165, 1.54) is 18.3 Å². The highest BCUT2D eigenvalue weighted by molar-refractivity contribution is 5.91. The summed E-state index contributed by atoms with van der Waals surface area (Å²) in [4.78, 5) is 11.4. The molecule has 0 aliphatic carbocycles. The largest absolute Gasteiger partial charge is 0.462 e. The van der Waals surface area contributed by atoms with Gasteiger partial charge >= 0.3 is 5.97 Å². The molecule has 0 saturated heterocycles. The van der Waals surface area contributed by atoms with E-state index in [-0.39, 0.29) is 12.2 Å². The van der Waals surface area contributed by atoms with Crippen LogP contribution in [-0.2, 0) is 4.74 Å². The van der Waals surface area contributed by atoms with Crippen LogP contribution in [0, 0.1) is 11.8 Å². The molecule has 0 bridgehead atoms. The van der Waals surface area contributed by atoms with Crippen LogP contribution in [-0.4, -0.2) is 17.0 Å². The minimum atomic E-state index is -1.02. The van der Waals surface area contributed by atoms with Crippen molar-refractivity contribution in [3.63, 3.8) is 0 Å². The van der Waals surface area contributed by atoms with Crippen LogP contribution in [0.2, 0.25) is 0 Å². The summed E-state index contributed by atoms with van der Waals surface area (Å²) in [7, 11) is 0. The predicted molar refractivity (Wildman–Crippen MR) is 53.3 cm³/mol. The fourth-order valence-electron chi connectivity index (χ4n) is 1.45. The number of aromatic nitrogens is 1. The zero-order chi connectivity index (χ0) is 11.7. The molecule has 0 fully saturated rings. The summed E-state index contributed by atoms with van der Waals surface area (Å²) in [6.45, 7) is 1.91. The molecule has 0 aliphatic rings. The van der Waals surface area contributed by atoms with Crippen LogP contribution in [0.25, 0.3) is 5.52 Å². The van der Waals surface area contributed by atoms with Crippen LogP contribution in [0.4, 0.5) is 8.78 Å². The van der Waals surface area contributed by atoms with Gasteiger partial charge in [-0.1, -0.05) is 0 Å². The molecule has 2 rings (SSSR count). The molecule has 3 nitrogen and oxygen atoms in total. The third-order valence-corrected chi connectivity index (χ3v) is 2.17. The van der Waals surface area contributed by atoms with Gasteiger partial charge in [-0.05, 0) is 25.1 Å². The third-order valence-electron chi connectivity index (χ3n) is 2.17. The number of halogens is 2. The number of esters is 1. The second kappa shape index (κ2) is 3.92. The summed E-state index contributed by atoms with van der Waals surface area (Å²) < 4.78 is 31.9. The van der Waals surface area contributed by atoms with E-state index in [0.29, 0.717) is 5.52 Å². The lowest BCUT2D eigenvalue weighted by Crippen LogP contribution is -2.03. The number of hydrogen-bond donors (Lipinski definition) is 0. The first-order valence-electron chi connectivity index (χ1n) is 4.76. The van der Waals surface area contributed by atoms with Crippen molar-refractivity contribution in [1.82, 2.24) is 4.40 Å². The molecule has 0 aromatic carbocycles. The quantitative estimate of drug-likeness (QED) is 0.580. The van der Waals surface area contributed by atoms with Crippen LogP contribution in [0.1, 0.15) is 17.3 Å². The highest BCUT2D eigenvalue weighted by atomic mass is 19.2. The molecule has 2 heterocycles. The standard InChI is InChI=1S/C11H9F2NO2/c1-2-16-11(15)7-5-8-3-4-9(12)10(13)14(8)6-7/h3-6H,2H2,1H3. The normalized spacial score (nSPS) is 10.7. The average Bonchev–Trinajstić information content (AvgIpc) is 2.69. The Labute approximate surface area is 90.3 Å². The molecule has 0 atom stereocenters. The van der Waals surface area contributed by atoms with Crippen molar-refractivity contribution in [2.45, 2.75) is 6.92 Å². The summed E-state index contributed by atoms with van der Waals surface area (Å²) in [5.74, 6) is -2.53. The second-order valence-corrected chi connectivity index (χ2v) is 3.22. The fraction of sp³-hybridized carbons (Fsp3) is 0.182. The summed E-state index contributed by atoms with van der Waals surface area (Å²) in [6.07, 6.45) is 1.21.